The highest BCUT2D eigenvalue weighted by Crippen LogP contribution is 2.58. The standard InChI is InChI=1S/C28H26F4N2O2/c1-18-14-25(24(29)16-20-6-8-22(9-7-20)26(10-11-26)28(30,31)32)33-34(18)17-21-4-3-5-23(15-21)27(12-13-27)36-19(2)35/h3-9,14-16H,10-13,17H2,1-2H3/b24-16-. The highest BCUT2D eigenvalue weighted by Gasteiger charge is 2.64. The van der Waals surface area contributed by atoms with Gasteiger partial charge < -0.3 is 4.74 Å². The number of carbonyl (C=O) groups is 1. The van der Waals surface area contributed by atoms with E-state index in [-0.39, 0.29) is 30.1 Å². The van der Waals surface area contributed by atoms with Crippen molar-refractivity contribution in [1.82, 2.24) is 9.78 Å². The van der Waals surface area contributed by atoms with E-state index in [0.717, 1.165) is 29.7 Å². The molecule has 188 valence electrons. The fourth-order valence-electron chi connectivity index (χ4n) is 4.73. The molecule has 0 spiro atoms. The molecule has 0 saturated heterocycles. The van der Waals surface area contributed by atoms with Crippen LogP contribution >= 0.6 is 0 Å². The molecule has 1 aromatic heterocycles. The average molecular weight is 499 g/mol. The molecule has 0 aliphatic heterocycles. The highest BCUT2D eigenvalue weighted by atomic mass is 19.4. The first-order valence-electron chi connectivity index (χ1n) is 11.9. The highest BCUT2D eigenvalue weighted by molar-refractivity contribution is 5.75. The molecule has 1 heterocycles. The zero-order valence-electron chi connectivity index (χ0n) is 20.0. The molecule has 2 fully saturated rings. The van der Waals surface area contributed by atoms with E-state index in [4.69, 9.17) is 4.74 Å². The van der Waals surface area contributed by atoms with Gasteiger partial charge in [0.05, 0.1) is 12.0 Å². The summed E-state index contributed by atoms with van der Waals surface area (Å²) in [6, 6.07) is 15.3. The van der Waals surface area contributed by atoms with Gasteiger partial charge in [0, 0.05) is 12.6 Å². The average Bonchev–Trinajstić information content (AvgIpc) is 3.73. The summed E-state index contributed by atoms with van der Waals surface area (Å²) in [7, 11) is 0. The Morgan fingerprint density at radius 3 is 2.33 bits per heavy atom. The predicted octanol–water partition coefficient (Wildman–Crippen LogP) is 6.85. The minimum atomic E-state index is -4.28. The molecule has 0 radical (unpaired) electrons. The van der Waals surface area contributed by atoms with Crippen molar-refractivity contribution < 1.29 is 27.1 Å². The molecule has 2 aliphatic rings. The lowest BCUT2D eigenvalue weighted by Crippen LogP contribution is -2.28. The molecule has 0 N–H and O–H groups in total. The van der Waals surface area contributed by atoms with Gasteiger partial charge in [0.1, 0.15) is 11.3 Å². The maximum absolute atomic E-state index is 15.0. The van der Waals surface area contributed by atoms with E-state index in [1.54, 1.807) is 10.7 Å². The van der Waals surface area contributed by atoms with Crippen LogP contribution in [-0.4, -0.2) is 21.9 Å². The molecular formula is C28H26F4N2O2. The fourth-order valence-corrected chi connectivity index (χ4v) is 4.73. The molecule has 5 rings (SSSR count). The third-order valence-corrected chi connectivity index (χ3v) is 7.10. The van der Waals surface area contributed by atoms with Gasteiger partial charge in [-0.1, -0.05) is 42.5 Å². The summed E-state index contributed by atoms with van der Waals surface area (Å²) >= 11 is 0. The Hall–Kier alpha value is -3.42. The molecule has 0 amide bonds. The van der Waals surface area contributed by atoms with Crippen molar-refractivity contribution in [2.24, 2.45) is 0 Å². The fraction of sp³-hybridized carbons (Fsp3) is 0.357. The summed E-state index contributed by atoms with van der Waals surface area (Å²) in [5.74, 6) is -0.878. The lowest BCUT2D eigenvalue weighted by molar-refractivity contribution is -0.160. The molecule has 36 heavy (non-hydrogen) atoms. The number of ether oxygens (including phenoxy) is 1. The third kappa shape index (κ3) is 4.56. The Bertz CT molecular complexity index is 1330. The van der Waals surface area contributed by atoms with Crippen molar-refractivity contribution >= 4 is 17.9 Å². The number of hydrogen-bond acceptors (Lipinski definition) is 3. The van der Waals surface area contributed by atoms with Crippen molar-refractivity contribution in [1.29, 1.82) is 0 Å². The second-order valence-corrected chi connectivity index (χ2v) is 9.81. The van der Waals surface area contributed by atoms with Crippen molar-refractivity contribution in [2.45, 2.75) is 63.3 Å². The lowest BCUT2D eigenvalue weighted by Gasteiger charge is -2.19. The van der Waals surface area contributed by atoms with Crippen LogP contribution < -0.4 is 0 Å². The first-order chi connectivity index (χ1) is 17.0. The van der Waals surface area contributed by atoms with Crippen molar-refractivity contribution in [3.05, 3.63) is 88.2 Å². The molecule has 0 unspecified atom stereocenters. The van der Waals surface area contributed by atoms with Crippen molar-refractivity contribution in [3.63, 3.8) is 0 Å². The lowest BCUT2D eigenvalue weighted by atomic mass is 9.94. The predicted molar refractivity (Wildman–Crippen MR) is 128 cm³/mol. The number of halogens is 4. The van der Waals surface area contributed by atoms with Crippen LogP contribution in [0.1, 0.15) is 66.2 Å². The van der Waals surface area contributed by atoms with Crippen LogP contribution in [0.3, 0.4) is 0 Å². The molecule has 2 aliphatic carbocycles. The normalized spacial score (nSPS) is 18.1. The van der Waals surface area contributed by atoms with Gasteiger partial charge in [0.2, 0.25) is 0 Å². The first kappa shape index (κ1) is 24.3. The molecule has 2 saturated carbocycles. The number of rotatable bonds is 7. The summed E-state index contributed by atoms with van der Waals surface area (Å²) < 4.78 is 62.2. The zero-order chi connectivity index (χ0) is 25.7. The Labute approximate surface area is 206 Å². The van der Waals surface area contributed by atoms with Gasteiger partial charge in [-0.3, -0.25) is 9.48 Å². The van der Waals surface area contributed by atoms with Gasteiger partial charge in [0.25, 0.3) is 0 Å². The molecule has 0 atom stereocenters. The molecule has 2 aromatic carbocycles. The smallest absolute Gasteiger partial charge is 0.398 e. The van der Waals surface area contributed by atoms with Crippen LogP contribution in [0.25, 0.3) is 11.9 Å². The number of aromatic nitrogens is 2. The maximum Gasteiger partial charge on any atom is 0.398 e. The van der Waals surface area contributed by atoms with Gasteiger partial charge in [0.15, 0.2) is 5.83 Å². The van der Waals surface area contributed by atoms with Crippen LogP contribution in [0.4, 0.5) is 17.6 Å². The van der Waals surface area contributed by atoms with Crippen molar-refractivity contribution in [3.8, 4) is 0 Å². The summed E-state index contributed by atoms with van der Waals surface area (Å²) in [4.78, 5) is 11.5. The Morgan fingerprint density at radius 2 is 1.75 bits per heavy atom. The number of hydrogen-bond donors (Lipinski definition) is 0. The summed E-state index contributed by atoms with van der Waals surface area (Å²) in [5.41, 5.74) is 1.19. The second-order valence-electron chi connectivity index (χ2n) is 9.81. The summed E-state index contributed by atoms with van der Waals surface area (Å²) in [5, 5.41) is 4.40. The minimum Gasteiger partial charge on any atom is -0.454 e. The SMILES string of the molecule is CC(=O)OC1(c2cccc(Cn3nc(/C(F)=C/c4ccc(C5(C(F)(F)F)CC5)cc4)cc3C)c2)CC1. The molecule has 0 bridgehead atoms. The Kier molecular flexibility index (Phi) is 5.80. The van der Waals surface area contributed by atoms with E-state index < -0.39 is 23.0 Å². The molecule has 3 aromatic rings. The summed E-state index contributed by atoms with van der Waals surface area (Å²) in [6.45, 7) is 3.65. The van der Waals surface area contributed by atoms with Crippen LogP contribution in [-0.2, 0) is 27.1 Å². The minimum absolute atomic E-state index is 0.0877. The van der Waals surface area contributed by atoms with E-state index in [9.17, 15) is 22.4 Å². The third-order valence-electron chi connectivity index (χ3n) is 7.10. The van der Waals surface area contributed by atoms with Gasteiger partial charge in [-0.05, 0) is 73.1 Å². The van der Waals surface area contributed by atoms with Crippen LogP contribution in [0.15, 0.2) is 54.6 Å². The van der Waals surface area contributed by atoms with Crippen molar-refractivity contribution in [2.75, 3.05) is 0 Å². The number of benzene rings is 2. The number of esters is 1. The largest absolute Gasteiger partial charge is 0.454 e. The van der Waals surface area contributed by atoms with Crippen LogP contribution in [0.5, 0.6) is 0 Å². The number of nitrogens with zero attached hydrogens (tertiary/aromatic N) is 2. The molecular weight excluding hydrogens is 472 g/mol. The number of alkyl halides is 3. The van der Waals surface area contributed by atoms with E-state index in [2.05, 4.69) is 5.10 Å². The number of aryl methyl sites for hydroxylation is 1. The Morgan fingerprint density at radius 1 is 1.06 bits per heavy atom. The van der Waals surface area contributed by atoms with Gasteiger partial charge in [-0.25, -0.2) is 4.39 Å². The monoisotopic (exact) mass is 498 g/mol. The number of carbonyl (C=O) groups excluding carboxylic acids is 1. The molecule has 8 heteroatoms. The topological polar surface area (TPSA) is 44.1 Å². The van der Waals surface area contributed by atoms with Gasteiger partial charge in [-0.15, -0.1) is 0 Å². The van der Waals surface area contributed by atoms with E-state index in [1.165, 1.54) is 37.3 Å². The quantitative estimate of drug-likeness (QED) is 0.264. The molecule has 4 nitrogen and oxygen atoms in total. The first-order valence-corrected chi connectivity index (χ1v) is 11.9. The second kappa shape index (κ2) is 8.61. The van der Waals surface area contributed by atoms with Crippen LogP contribution in [0, 0.1) is 6.92 Å². The van der Waals surface area contributed by atoms with E-state index in [0.29, 0.717) is 12.1 Å². The van der Waals surface area contributed by atoms with Crippen LogP contribution in [0.2, 0.25) is 0 Å². The van der Waals surface area contributed by atoms with E-state index in [1.807, 2.05) is 31.2 Å². The van der Waals surface area contributed by atoms with E-state index >= 15 is 0 Å². The zero-order valence-corrected chi connectivity index (χ0v) is 20.0. The summed E-state index contributed by atoms with van der Waals surface area (Å²) in [6.07, 6.45) is -1.25. The maximum atomic E-state index is 15.0. The van der Waals surface area contributed by atoms with Gasteiger partial charge in [-0.2, -0.15) is 18.3 Å². The Balaban J connectivity index is 1.31. The van der Waals surface area contributed by atoms with Gasteiger partial charge >= 0.3 is 12.1 Å².